The van der Waals surface area contributed by atoms with Gasteiger partial charge in [0.15, 0.2) is 0 Å². The van der Waals surface area contributed by atoms with Gasteiger partial charge in [-0.3, -0.25) is 9.59 Å². The molecule has 0 saturated heterocycles. The van der Waals surface area contributed by atoms with Crippen LogP contribution in [0.2, 0.25) is 0 Å². The molecule has 1 amide bonds. The van der Waals surface area contributed by atoms with Gasteiger partial charge in [0.25, 0.3) is 5.56 Å². The van der Waals surface area contributed by atoms with Crippen LogP contribution in [0.25, 0.3) is 0 Å². The number of aryl methyl sites for hydroxylation is 1. The monoisotopic (exact) mass is 393 g/mol. The van der Waals surface area contributed by atoms with E-state index in [1.54, 1.807) is 43.3 Å². The first kappa shape index (κ1) is 18.5. The number of hydrogen-bond donors (Lipinski definition) is 2. The van der Waals surface area contributed by atoms with Gasteiger partial charge in [-0.1, -0.05) is 24.3 Å². The van der Waals surface area contributed by atoms with Crippen LogP contribution in [-0.2, 0) is 19.7 Å². The minimum absolute atomic E-state index is 0.00159. The Labute approximate surface area is 166 Å². The van der Waals surface area contributed by atoms with Crippen molar-refractivity contribution >= 4 is 17.6 Å². The first-order chi connectivity index (χ1) is 13.9. The number of amides is 1. The van der Waals surface area contributed by atoms with Crippen LogP contribution < -0.4 is 20.9 Å². The molecule has 1 spiro atoms. The number of benzene rings is 1. The predicted octanol–water partition coefficient (Wildman–Crippen LogP) is 1.24. The third-order valence-corrected chi connectivity index (χ3v) is 5.21. The highest BCUT2D eigenvalue weighted by molar-refractivity contribution is 6.18. The molecule has 3 heterocycles. The van der Waals surface area contributed by atoms with Crippen LogP contribution in [0.1, 0.15) is 16.8 Å². The quantitative estimate of drug-likeness (QED) is 0.599. The van der Waals surface area contributed by atoms with Gasteiger partial charge in [-0.2, -0.15) is 0 Å². The fraction of sp³-hybridized carbons (Fsp3) is 0.190. The molecular weight excluding hydrogens is 374 g/mol. The number of hydrogen-bond acceptors (Lipinski definition) is 6. The molecule has 0 aliphatic carbocycles. The molecule has 2 aliphatic rings. The number of carbonyl (C=O) groups excluding carboxylic acids is 2. The number of H-pyrrole nitrogens is 1. The van der Waals surface area contributed by atoms with Crippen molar-refractivity contribution < 1.29 is 19.1 Å². The number of nitrogens with zero attached hydrogens (tertiary/aromatic N) is 1. The molecule has 1 atom stereocenters. The highest BCUT2D eigenvalue weighted by Crippen LogP contribution is 2.54. The van der Waals surface area contributed by atoms with E-state index in [2.05, 4.69) is 11.6 Å². The van der Waals surface area contributed by atoms with Gasteiger partial charge in [0.05, 0.1) is 12.7 Å². The van der Waals surface area contributed by atoms with Crippen LogP contribution in [0.3, 0.4) is 0 Å². The number of ether oxygens (including phenoxy) is 2. The van der Waals surface area contributed by atoms with Gasteiger partial charge in [0.1, 0.15) is 16.7 Å². The summed E-state index contributed by atoms with van der Waals surface area (Å²) in [5, 5.41) is 0. The summed E-state index contributed by atoms with van der Waals surface area (Å²) < 4.78 is 10.5. The van der Waals surface area contributed by atoms with E-state index in [1.165, 1.54) is 12.0 Å². The number of pyridine rings is 1. The summed E-state index contributed by atoms with van der Waals surface area (Å²) in [6, 6.07) is 8.51. The SMILES string of the molecule is C=CCN1C(=O)C2(C(C(=O)OC)=C(N)Oc3cc(C)[nH]c(=O)c32)c2ccccc21. The summed E-state index contributed by atoms with van der Waals surface area (Å²) in [5.74, 6) is -1.50. The molecule has 8 nitrogen and oxygen atoms in total. The molecule has 1 aromatic heterocycles. The molecule has 0 saturated carbocycles. The van der Waals surface area contributed by atoms with E-state index < -0.39 is 22.9 Å². The zero-order valence-electron chi connectivity index (χ0n) is 15.9. The van der Waals surface area contributed by atoms with Crippen molar-refractivity contribution in [1.29, 1.82) is 0 Å². The highest BCUT2D eigenvalue weighted by atomic mass is 16.5. The van der Waals surface area contributed by atoms with Crippen molar-refractivity contribution in [1.82, 2.24) is 4.98 Å². The average molecular weight is 393 g/mol. The Bertz CT molecular complexity index is 1160. The molecule has 2 aromatic rings. The van der Waals surface area contributed by atoms with Crippen molar-refractivity contribution in [3.8, 4) is 5.75 Å². The number of anilines is 1. The lowest BCUT2D eigenvalue weighted by Crippen LogP contribution is -2.51. The number of aromatic amines is 1. The molecule has 1 aromatic carbocycles. The minimum Gasteiger partial charge on any atom is -0.465 e. The second kappa shape index (κ2) is 6.37. The topological polar surface area (TPSA) is 115 Å². The smallest absolute Gasteiger partial charge is 0.340 e. The van der Waals surface area contributed by atoms with Crippen LogP contribution in [-0.4, -0.2) is 30.5 Å². The Morgan fingerprint density at radius 3 is 2.79 bits per heavy atom. The summed E-state index contributed by atoms with van der Waals surface area (Å²) in [5.41, 5.74) is 5.11. The molecule has 4 rings (SSSR count). The maximum atomic E-state index is 13.9. The fourth-order valence-electron chi connectivity index (χ4n) is 4.18. The summed E-state index contributed by atoms with van der Waals surface area (Å²) in [4.78, 5) is 43.9. The van der Waals surface area contributed by atoms with Gasteiger partial charge in [-0.05, 0) is 13.0 Å². The number of methoxy groups -OCH3 is 1. The minimum atomic E-state index is -1.79. The number of esters is 1. The van der Waals surface area contributed by atoms with Crippen LogP contribution in [0.5, 0.6) is 5.75 Å². The first-order valence-electron chi connectivity index (χ1n) is 8.91. The zero-order valence-corrected chi connectivity index (χ0v) is 15.9. The lowest BCUT2D eigenvalue weighted by Gasteiger charge is -2.35. The van der Waals surface area contributed by atoms with Crippen molar-refractivity contribution in [2.45, 2.75) is 12.3 Å². The summed E-state index contributed by atoms with van der Waals surface area (Å²) in [7, 11) is 1.18. The normalized spacial score (nSPS) is 19.7. The highest BCUT2D eigenvalue weighted by Gasteiger charge is 2.62. The molecule has 0 fully saturated rings. The summed E-state index contributed by atoms with van der Waals surface area (Å²) in [6.45, 7) is 5.58. The summed E-state index contributed by atoms with van der Waals surface area (Å²) >= 11 is 0. The first-order valence-corrected chi connectivity index (χ1v) is 8.91. The van der Waals surface area contributed by atoms with E-state index in [0.717, 1.165) is 0 Å². The zero-order chi connectivity index (χ0) is 20.9. The van der Waals surface area contributed by atoms with E-state index in [-0.39, 0.29) is 29.3 Å². The Morgan fingerprint density at radius 1 is 1.38 bits per heavy atom. The maximum absolute atomic E-state index is 13.9. The van der Waals surface area contributed by atoms with E-state index in [9.17, 15) is 14.4 Å². The second-order valence-corrected chi connectivity index (χ2v) is 6.83. The van der Waals surface area contributed by atoms with Crippen LogP contribution in [0, 0.1) is 6.92 Å². The number of nitrogens with two attached hydrogens (primary N) is 1. The van der Waals surface area contributed by atoms with Crippen molar-refractivity contribution in [2.75, 3.05) is 18.6 Å². The standard InChI is InChI=1S/C21H19N3O5/c1-4-9-24-13-8-6-5-7-12(13)21(20(24)27)15-14(10-11(2)23-18(15)25)29-17(22)16(21)19(26)28-3/h4-8,10H,1,9,22H2,2-3H3,(H,23,25). The largest absolute Gasteiger partial charge is 0.465 e. The number of carbonyl (C=O) groups is 2. The predicted molar refractivity (Wildman–Crippen MR) is 105 cm³/mol. The van der Waals surface area contributed by atoms with Gasteiger partial charge in [-0.15, -0.1) is 6.58 Å². The molecular formula is C21H19N3O5. The third-order valence-electron chi connectivity index (χ3n) is 5.21. The maximum Gasteiger partial charge on any atom is 0.340 e. The third kappa shape index (κ3) is 2.29. The number of nitrogens with one attached hydrogen (secondary N) is 1. The van der Waals surface area contributed by atoms with Crippen LogP contribution >= 0.6 is 0 Å². The van der Waals surface area contributed by atoms with Gasteiger partial charge < -0.3 is 25.1 Å². The molecule has 148 valence electrons. The number of para-hydroxylation sites is 1. The average Bonchev–Trinajstić information content (AvgIpc) is 2.91. The molecule has 0 bridgehead atoms. The molecule has 29 heavy (non-hydrogen) atoms. The number of rotatable bonds is 3. The molecule has 0 radical (unpaired) electrons. The van der Waals surface area contributed by atoms with E-state index in [0.29, 0.717) is 16.9 Å². The Kier molecular flexibility index (Phi) is 4.07. The Morgan fingerprint density at radius 2 is 2.10 bits per heavy atom. The summed E-state index contributed by atoms with van der Waals surface area (Å²) in [6.07, 6.45) is 1.57. The van der Waals surface area contributed by atoms with E-state index in [4.69, 9.17) is 15.2 Å². The molecule has 3 N–H and O–H groups in total. The van der Waals surface area contributed by atoms with E-state index in [1.807, 2.05) is 0 Å². The molecule has 1 unspecified atom stereocenters. The lowest BCUT2D eigenvalue weighted by molar-refractivity contribution is -0.138. The van der Waals surface area contributed by atoms with Crippen molar-refractivity contribution in [3.05, 3.63) is 81.6 Å². The Balaban J connectivity index is 2.20. The fourth-order valence-corrected chi connectivity index (χ4v) is 4.18. The van der Waals surface area contributed by atoms with Gasteiger partial charge >= 0.3 is 5.97 Å². The van der Waals surface area contributed by atoms with E-state index >= 15 is 0 Å². The lowest BCUT2D eigenvalue weighted by atomic mass is 9.68. The van der Waals surface area contributed by atoms with Gasteiger partial charge in [0, 0.05) is 29.6 Å². The van der Waals surface area contributed by atoms with Crippen LogP contribution in [0.4, 0.5) is 5.69 Å². The van der Waals surface area contributed by atoms with Crippen molar-refractivity contribution in [2.24, 2.45) is 5.73 Å². The molecule has 2 aliphatic heterocycles. The molecule has 8 heteroatoms. The second-order valence-electron chi connectivity index (χ2n) is 6.83. The Hall–Kier alpha value is -3.81. The number of aromatic nitrogens is 1. The van der Waals surface area contributed by atoms with Crippen LogP contribution in [0.15, 0.2) is 59.2 Å². The van der Waals surface area contributed by atoms with Crippen molar-refractivity contribution in [3.63, 3.8) is 0 Å². The van der Waals surface area contributed by atoms with Gasteiger partial charge in [0.2, 0.25) is 11.8 Å². The number of fused-ring (bicyclic) bond motifs is 4. The van der Waals surface area contributed by atoms with Gasteiger partial charge in [-0.25, -0.2) is 4.79 Å².